The fraction of sp³-hybridized carbons (Fsp3) is 0.538. The summed E-state index contributed by atoms with van der Waals surface area (Å²) in [7, 11) is 1.60. The lowest BCUT2D eigenvalue weighted by Crippen LogP contribution is -2.05. The molecule has 2 N–H and O–H groups in total. The van der Waals surface area contributed by atoms with Gasteiger partial charge in [-0.1, -0.05) is 13.0 Å². The lowest BCUT2D eigenvalue weighted by atomic mass is 10.1. The molecule has 1 rings (SSSR count). The summed E-state index contributed by atoms with van der Waals surface area (Å²) in [6.45, 7) is 2.70. The van der Waals surface area contributed by atoms with Crippen LogP contribution in [0.4, 0.5) is 0 Å². The average Bonchev–Trinajstić information content (AvgIpc) is 2.34. The molecule has 0 aliphatic rings. The highest BCUT2D eigenvalue weighted by molar-refractivity contribution is 5.43. The second kappa shape index (κ2) is 7.14. The van der Waals surface area contributed by atoms with E-state index in [0.29, 0.717) is 25.2 Å². The van der Waals surface area contributed by atoms with Crippen LogP contribution in [0.15, 0.2) is 18.2 Å². The van der Waals surface area contributed by atoms with Gasteiger partial charge in [-0.15, -0.1) is 0 Å². The standard InChI is InChI=1S/C13H20O4/c1-3-8-17-11-6-4-10(5-7-13(14)15)9-12(11)16-2/h4,6,9,13-15H,3,5,7-8H2,1-2H3. The minimum atomic E-state index is -1.27. The minimum absolute atomic E-state index is 0.318. The number of ether oxygens (including phenoxy) is 2. The fourth-order valence-corrected chi connectivity index (χ4v) is 1.49. The van der Waals surface area contributed by atoms with Crippen LogP contribution in [0.25, 0.3) is 0 Å². The molecule has 0 radical (unpaired) electrons. The van der Waals surface area contributed by atoms with Crippen molar-refractivity contribution in [2.24, 2.45) is 0 Å². The maximum absolute atomic E-state index is 8.81. The fourth-order valence-electron chi connectivity index (χ4n) is 1.49. The maximum Gasteiger partial charge on any atom is 0.161 e. The lowest BCUT2D eigenvalue weighted by molar-refractivity contribution is -0.0447. The molecule has 0 amide bonds. The van der Waals surface area contributed by atoms with Crippen molar-refractivity contribution in [2.45, 2.75) is 32.5 Å². The molecule has 0 aliphatic heterocycles. The van der Waals surface area contributed by atoms with Crippen molar-refractivity contribution in [3.63, 3.8) is 0 Å². The van der Waals surface area contributed by atoms with Crippen LogP contribution in [0, 0.1) is 0 Å². The Morgan fingerprint density at radius 2 is 2.00 bits per heavy atom. The van der Waals surface area contributed by atoms with Crippen molar-refractivity contribution >= 4 is 0 Å². The first-order chi connectivity index (χ1) is 8.17. The summed E-state index contributed by atoms with van der Waals surface area (Å²) in [6.07, 6.45) is 0.596. The highest BCUT2D eigenvalue weighted by Gasteiger charge is 2.06. The van der Waals surface area contributed by atoms with E-state index in [4.69, 9.17) is 19.7 Å². The van der Waals surface area contributed by atoms with Gasteiger partial charge in [-0.25, -0.2) is 0 Å². The van der Waals surface area contributed by atoms with Crippen LogP contribution >= 0.6 is 0 Å². The predicted molar refractivity (Wildman–Crippen MR) is 65.3 cm³/mol. The zero-order chi connectivity index (χ0) is 12.7. The van der Waals surface area contributed by atoms with Gasteiger partial charge in [0.1, 0.15) is 0 Å². The zero-order valence-corrected chi connectivity index (χ0v) is 10.3. The molecule has 4 nitrogen and oxygen atoms in total. The van der Waals surface area contributed by atoms with E-state index in [1.165, 1.54) is 0 Å². The van der Waals surface area contributed by atoms with Crippen LogP contribution in [0.3, 0.4) is 0 Å². The zero-order valence-electron chi connectivity index (χ0n) is 10.3. The van der Waals surface area contributed by atoms with Gasteiger partial charge in [0.05, 0.1) is 13.7 Å². The molecule has 0 spiro atoms. The number of hydrogen-bond donors (Lipinski definition) is 2. The number of aliphatic hydroxyl groups is 2. The molecule has 0 aromatic heterocycles. The van der Waals surface area contributed by atoms with E-state index < -0.39 is 6.29 Å². The first-order valence-corrected chi connectivity index (χ1v) is 5.83. The summed E-state index contributed by atoms with van der Waals surface area (Å²) in [5.74, 6) is 1.41. The molecule has 96 valence electrons. The Balaban J connectivity index is 2.70. The molecule has 0 heterocycles. The Bertz CT molecular complexity index is 336. The van der Waals surface area contributed by atoms with Gasteiger partial charge in [0.2, 0.25) is 0 Å². The summed E-state index contributed by atoms with van der Waals surface area (Å²) in [5.41, 5.74) is 0.999. The average molecular weight is 240 g/mol. The largest absolute Gasteiger partial charge is 0.493 e. The number of aryl methyl sites for hydroxylation is 1. The lowest BCUT2D eigenvalue weighted by Gasteiger charge is -2.12. The van der Waals surface area contributed by atoms with E-state index in [1.54, 1.807) is 7.11 Å². The van der Waals surface area contributed by atoms with E-state index in [0.717, 1.165) is 17.7 Å². The summed E-state index contributed by atoms with van der Waals surface area (Å²) in [5, 5.41) is 17.6. The first kappa shape index (κ1) is 13.8. The van der Waals surface area contributed by atoms with Gasteiger partial charge in [0.25, 0.3) is 0 Å². The smallest absolute Gasteiger partial charge is 0.161 e. The molecule has 0 atom stereocenters. The number of hydrogen-bond acceptors (Lipinski definition) is 4. The van der Waals surface area contributed by atoms with Crippen molar-refractivity contribution in [1.29, 1.82) is 0 Å². The summed E-state index contributed by atoms with van der Waals surface area (Å²) < 4.78 is 10.8. The molecule has 0 saturated carbocycles. The highest BCUT2D eigenvalue weighted by Crippen LogP contribution is 2.28. The van der Waals surface area contributed by atoms with Crippen molar-refractivity contribution < 1.29 is 19.7 Å². The van der Waals surface area contributed by atoms with Gasteiger partial charge in [0.15, 0.2) is 17.8 Å². The van der Waals surface area contributed by atoms with Crippen LogP contribution in [0.5, 0.6) is 11.5 Å². The molecular formula is C13H20O4. The third-order valence-corrected chi connectivity index (χ3v) is 2.38. The topological polar surface area (TPSA) is 58.9 Å². The van der Waals surface area contributed by atoms with Crippen LogP contribution in [0.2, 0.25) is 0 Å². The quantitative estimate of drug-likeness (QED) is 0.713. The van der Waals surface area contributed by atoms with E-state index in [9.17, 15) is 0 Å². The van der Waals surface area contributed by atoms with Crippen LogP contribution in [-0.2, 0) is 6.42 Å². The molecular weight excluding hydrogens is 220 g/mol. The minimum Gasteiger partial charge on any atom is -0.493 e. The van der Waals surface area contributed by atoms with E-state index in [1.807, 2.05) is 25.1 Å². The first-order valence-electron chi connectivity index (χ1n) is 5.83. The molecule has 0 aliphatic carbocycles. The normalized spacial score (nSPS) is 10.6. The molecule has 0 saturated heterocycles. The second-order valence-electron chi connectivity index (χ2n) is 3.85. The Morgan fingerprint density at radius 3 is 2.59 bits per heavy atom. The molecule has 4 heteroatoms. The molecule has 0 unspecified atom stereocenters. The summed E-state index contributed by atoms with van der Waals surface area (Å²) in [4.78, 5) is 0. The van der Waals surface area contributed by atoms with Crippen molar-refractivity contribution in [3.05, 3.63) is 23.8 Å². The molecule has 1 aromatic rings. The molecule has 0 fully saturated rings. The molecule has 17 heavy (non-hydrogen) atoms. The van der Waals surface area contributed by atoms with E-state index in [2.05, 4.69) is 0 Å². The molecule has 1 aromatic carbocycles. The number of rotatable bonds is 7. The van der Waals surface area contributed by atoms with Crippen molar-refractivity contribution in [3.8, 4) is 11.5 Å². The van der Waals surface area contributed by atoms with E-state index in [-0.39, 0.29) is 0 Å². The van der Waals surface area contributed by atoms with Gasteiger partial charge in [0, 0.05) is 6.42 Å². The van der Waals surface area contributed by atoms with Crippen LogP contribution in [0.1, 0.15) is 25.3 Å². The van der Waals surface area contributed by atoms with Crippen LogP contribution < -0.4 is 9.47 Å². The van der Waals surface area contributed by atoms with Crippen LogP contribution in [-0.4, -0.2) is 30.2 Å². The monoisotopic (exact) mass is 240 g/mol. The van der Waals surface area contributed by atoms with Crippen molar-refractivity contribution in [2.75, 3.05) is 13.7 Å². The third kappa shape index (κ3) is 4.63. The van der Waals surface area contributed by atoms with Gasteiger partial charge in [-0.3, -0.25) is 0 Å². The highest BCUT2D eigenvalue weighted by atomic mass is 16.5. The Hall–Kier alpha value is -1.26. The Kier molecular flexibility index (Phi) is 5.80. The van der Waals surface area contributed by atoms with Gasteiger partial charge in [-0.2, -0.15) is 0 Å². The number of benzene rings is 1. The second-order valence-corrected chi connectivity index (χ2v) is 3.85. The van der Waals surface area contributed by atoms with E-state index >= 15 is 0 Å². The van der Waals surface area contributed by atoms with Gasteiger partial charge >= 0.3 is 0 Å². The summed E-state index contributed by atoms with van der Waals surface area (Å²) in [6, 6.07) is 5.64. The van der Waals surface area contributed by atoms with Crippen molar-refractivity contribution in [1.82, 2.24) is 0 Å². The number of aliphatic hydroxyl groups excluding tert-OH is 1. The SMILES string of the molecule is CCCOc1ccc(CCC(O)O)cc1OC. The Labute approximate surface area is 102 Å². The predicted octanol–water partition coefficient (Wildman–Crippen LogP) is 1.73. The van der Waals surface area contributed by atoms with Gasteiger partial charge in [-0.05, 0) is 30.5 Å². The van der Waals surface area contributed by atoms with Gasteiger partial charge < -0.3 is 19.7 Å². The molecule has 0 bridgehead atoms. The number of methoxy groups -OCH3 is 1. The maximum atomic E-state index is 8.81. The third-order valence-electron chi connectivity index (χ3n) is 2.38. The summed E-state index contributed by atoms with van der Waals surface area (Å²) >= 11 is 0. The Morgan fingerprint density at radius 1 is 1.24 bits per heavy atom.